The molecule has 4 nitrogen and oxygen atoms in total. The lowest BCUT2D eigenvalue weighted by molar-refractivity contribution is 1.01. The van der Waals surface area contributed by atoms with E-state index in [1.807, 2.05) is 18.2 Å². The summed E-state index contributed by atoms with van der Waals surface area (Å²) in [5.41, 5.74) is 8.10. The Labute approximate surface area is 89.7 Å². The molecule has 0 bridgehead atoms. The van der Waals surface area contributed by atoms with Gasteiger partial charge in [-0.05, 0) is 28.1 Å². The highest BCUT2D eigenvalue weighted by atomic mass is 79.9. The molecule has 0 spiro atoms. The lowest BCUT2D eigenvalue weighted by Crippen LogP contribution is -1.99. The molecular formula is C9H9BrN4. The Kier molecular flexibility index (Phi) is 2.60. The summed E-state index contributed by atoms with van der Waals surface area (Å²) < 4.78 is 0.679. The molecule has 14 heavy (non-hydrogen) atoms. The first-order chi connectivity index (χ1) is 6.81. The third-order valence-corrected chi connectivity index (χ3v) is 2.24. The van der Waals surface area contributed by atoms with Crippen molar-refractivity contribution in [3.63, 3.8) is 0 Å². The van der Waals surface area contributed by atoms with Crippen LogP contribution in [-0.2, 0) is 6.54 Å². The zero-order chi connectivity index (χ0) is 9.97. The number of nitrogens with two attached hydrogens (primary N) is 1. The van der Waals surface area contributed by atoms with Gasteiger partial charge in [-0.3, -0.25) is 4.98 Å². The topological polar surface area (TPSA) is 67.6 Å². The number of halogens is 1. The summed E-state index contributed by atoms with van der Waals surface area (Å²) in [5.74, 6) is 0. The van der Waals surface area contributed by atoms with Gasteiger partial charge >= 0.3 is 0 Å². The van der Waals surface area contributed by atoms with Crippen LogP contribution in [0.3, 0.4) is 0 Å². The maximum Gasteiger partial charge on any atom is 0.175 e. The lowest BCUT2D eigenvalue weighted by Gasteiger charge is -1.97. The van der Waals surface area contributed by atoms with Gasteiger partial charge in [0.25, 0.3) is 0 Å². The SMILES string of the molecule is NCc1[nH]c(Br)nc1-c1ccccn1. The van der Waals surface area contributed by atoms with Crippen LogP contribution in [-0.4, -0.2) is 15.0 Å². The van der Waals surface area contributed by atoms with Gasteiger partial charge in [-0.2, -0.15) is 0 Å². The third-order valence-electron chi connectivity index (χ3n) is 1.86. The largest absolute Gasteiger partial charge is 0.335 e. The highest BCUT2D eigenvalue weighted by Gasteiger charge is 2.09. The number of nitrogens with one attached hydrogen (secondary N) is 1. The second-order valence-electron chi connectivity index (χ2n) is 2.77. The van der Waals surface area contributed by atoms with Gasteiger partial charge in [0, 0.05) is 12.7 Å². The molecule has 0 atom stereocenters. The van der Waals surface area contributed by atoms with Crippen molar-refractivity contribution in [3.05, 3.63) is 34.8 Å². The fourth-order valence-electron chi connectivity index (χ4n) is 1.24. The number of aromatic nitrogens is 3. The van der Waals surface area contributed by atoms with E-state index >= 15 is 0 Å². The van der Waals surface area contributed by atoms with Crippen LogP contribution in [0.2, 0.25) is 0 Å². The average Bonchev–Trinajstić information content (AvgIpc) is 2.61. The van der Waals surface area contributed by atoms with Gasteiger partial charge in [0.15, 0.2) is 4.73 Å². The molecule has 0 saturated heterocycles. The van der Waals surface area contributed by atoms with Gasteiger partial charge in [0.05, 0.1) is 11.4 Å². The molecule has 2 rings (SSSR count). The number of pyridine rings is 1. The lowest BCUT2D eigenvalue weighted by atomic mass is 10.2. The monoisotopic (exact) mass is 252 g/mol. The number of aromatic amines is 1. The van der Waals surface area contributed by atoms with E-state index in [1.54, 1.807) is 6.20 Å². The smallest absolute Gasteiger partial charge is 0.175 e. The van der Waals surface area contributed by atoms with E-state index in [9.17, 15) is 0 Å². The van der Waals surface area contributed by atoms with E-state index < -0.39 is 0 Å². The van der Waals surface area contributed by atoms with Crippen molar-refractivity contribution in [1.82, 2.24) is 15.0 Å². The molecular weight excluding hydrogens is 244 g/mol. The van der Waals surface area contributed by atoms with Crippen molar-refractivity contribution in [2.45, 2.75) is 6.54 Å². The Bertz CT molecular complexity index is 424. The Morgan fingerprint density at radius 3 is 2.93 bits per heavy atom. The first-order valence-corrected chi connectivity index (χ1v) is 4.96. The third kappa shape index (κ3) is 1.69. The Morgan fingerprint density at radius 1 is 1.43 bits per heavy atom. The van der Waals surface area contributed by atoms with E-state index in [-0.39, 0.29) is 0 Å². The van der Waals surface area contributed by atoms with Crippen molar-refractivity contribution in [2.24, 2.45) is 5.73 Å². The predicted molar refractivity (Wildman–Crippen MR) is 57.4 cm³/mol. The van der Waals surface area contributed by atoms with E-state index in [1.165, 1.54) is 0 Å². The molecule has 0 radical (unpaired) electrons. The number of H-pyrrole nitrogens is 1. The zero-order valence-electron chi connectivity index (χ0n) is 7.37. The second-order valence-corrected chi connectivity index (χ2v) is 3.53. The Hall–Kier alpha value is -1.20. The highest BCUT2D eigenvalue weighted by Crippen LogP contribution is 2.20. The van der Waals surface area contributed by atoms with Crippen molar-refractivity contribution < 1.29 is 0 Å². The maximum atomic E-state index is 5.58. The van der Waals surface area contributed by atoms with Crippen LogP contribution < -0.4 is 5.73 Å². The molecule has 0 aliphatic rings. The minimum Gasteiger partial charge on any atom is -0.335 e. The van der Waals surface area contributed by atoms with Crippen LogP contribution in [0, 0.1) is 0 Å². The van der Waals surface area contributed by atoms with Crippen molar-refractivity contribution >= 4 is 15.9 Å². The molecule has 0 aliphatic heterocycles. The number of nitrogens with zero attached hydrogens (tertiary/aromatic N) is 2. The standard InChI is InChI=1S/C9H9BrN4/c10-9-13-7(5-11)8(14-9)6-3-1-2-4-12-6/h1-4H,5,11H2,(H,13,14). The molecule has 0 amide bonds. The van der Waals surface area contributed by atoms with Gasteiger partial charge < -0.3 is 10.7 Å². The number of rotatable bonds is 2. The molecule has 5 heteroatoms. The predicted octanol–water partition coefficient (Wildman–Crippen LogP) is 1.69. The van der Waals surface area contributed by atoms with Crippen LogP contribution in [0.4, 0.5) is 0 Å². The first kappa shape index (κ1) is 9.36. The van der Waals surface area contributed by atoms with Crippen molar-refractivity contribution in [1.29, 1.82) is 0 Å². The van der Waals surface area contributed by atoms with Gasteiger partial charge in [-0.25, -0.2) is 4.98 Å². The van der Waals surface area contributed by atoms with Gasteiger partial charge in [-0.15, -0.1) is 0 Å². The summed E-state index contributed by atoms with van der Waals surface area (Å²) in [6.07, 6.45) is 1.73. The maximum absolute atomic E-state index is 5.58. The number of hydrogen-bond donors (Lipinski definition) is 2. The second kappa shape index (κ2) is 3.89. The van der Waals surface area contributed by atoms with Crippen LogP contribution in [0.15, 0.2) is 29.1 Å². The molecule has 0 aromatic carbocycles. The molecule has 0 unspecified atom stereocenters. The Morgan fingerprint density at radius 2 is 2.29 bits per heavy atom. The van der Waals surface area contributed by atoms with Gasteiger partial charge in [0.1, 0.15) is 5.69 Å². The Balaban J connectivity index is 2.51. The average molecular weight is 253 g/mol. The van der Waals surface area contributed by atoms with Crippen LogP contribution in [0.1, 0.15) is 5.69 Å². The summed E-state index contributed by atoms with van der Waals surface area (Å²) in [6, 6.07) is 5.69. The zero-order valence-corrected chi connectivity index (χ0v) is 8.95. The van der Waals surface area contributed by atoms with E-state index in [4.69, 9.17) is 5.73 Å². The van der Waals surface area contributed by atoms with Crippen LogP contribution >= 0.6 is 15.9 Å². The molecule has 0 saturated carbocycles. The summed E-state index contributed by atoms with van der Waals surface area (Å²) in [5, 5.41) is 0. The number of imidazole rings is 1. The van der Waals surface area contributed by atoms with E-state index in [0.29, 0.717) is 11.3 Å². The molecule has 72 valence electrons. The minimum absolute atomic E-state index is 0.421. The normalized spacial score (nSPS) is 10.4. The summed E-state index contributed by atoms with van der Waals surface area (Å²) >= 11 is 3.27. The molecule has 3 N–H and O–H groups in total. The summed E-state index contributed by atoms with van der Waals surface area (Å²) in [6.45, 7) is 0.421. The summed E-state index contributed by atoms with van der Waals surface area (Å²) in [7, 11) is 0. The molecule has 0 fully saturated rings. The fraction of sp³-hybridized carbons (Fsp3) is 0.111. The van der Waals surface area contributed by atoms with Crippen LogP contribution in [0.25, 0.3) is 11.4 Å². The van der Waals surface area contributed by atoms with E-state index in [0.717, 1.165) is 17.1 Å². The molecule has 2 aromatic heterocycles. The number of hydrogen-bond acceptors (Lipinski definition) is 3. The first-order valence-electron chi connectivity index (χ1n) is 4.17. The molecule has 0 aliphatic carbocycles. The van der Waals surface area contributed by atoms with Gasteiger partial charge in [0.2, 0.25) is 0 Å². The highest BCUT2D eigenvalue weighted by molar-refractivity contribution is 9.10. The van der Waals surface area contributed by atoms with Crippen molar-refractivity contribution in [2.75, 3.05) is 0 Å². The molecule has 2 heterocycles. The van der Waals surface area contributed by atoms with Crippen molar-refractivity contribution in [3.8, 4) is 11.4 Å². The minimum atomic E-state index is 0.421. The quantitative estimate of drug-likeness (QED) is 0.855. The molecule has 2 aromatic rings. The summed E-state index contributed by atoms with van der Waals surface area (Å²) in [4.78, 5) is 11.5. The van der Waals surface area contributed by atoms with Crippen LogP contribution in [0.5, 0.6) is 0 Å². The van der Waals surface area contributed by atoms with E-state index in [2.05, 4.69) is 30.9 Å². The van der Waals surface area contributed by atoms with Gasteiger partial charge in [-0.1, -0.05) is 6.07 Å². The fourth-order valence-corrected chi connectivity index (χ4v) is 1.66.